The number of unbranched alkanes of at least 4 members (excludes halogenated alkanes) is 1. The van der Waals surface area contributed by atoms with Crippen LogP contribution in [0, 0.1) is 0 Å². The van der Waals surface area contributed by atoms with Crippen LogP contribution in [0.4, 0.5) is 4.79 Å². The van der Waals surface area contributed by atoms with E-state index in [0.29, 0.717) is 6.42 Å². The first-order chi connectivity index (χ1) is 6.11. The van der Waals surface area contributed by atoms with Crippen LogP contribution in [0.3, 0.4) is 0 Å². The first-order valence-corrected chi connectivity index (χ1v) is 3.82. The number of carbonyl (C=O) groups excluding carboxylic acids is 1. The second kappa shape index (κ2) is 5.40. The Kier molecular flexibility index (Phi) is 3.97. The molecule has 5 heteroatoms. The summed E-state index contributed by atoms with van der Waals surface area (Å²) in [5.41, 5.74) is 1.56. The number of primary amides is 1. The lowest BCUT2D eigenvalue weighted by Crippen LogP contribution is -2.43. The lowest BCUT2D eigenvalue weighted by molar-refractivity contribution is -0.139. The first kappa shape index (κ1) is 8.83. The van der Waals surface area contributed by atoms with E-state index in [0.717, 1.165) is 12.8 Å². The molecule has 0 fully saturated rings. The number of nitrogens with one attached hydrogen (secondary N) is 1. The van der Waals surface area contributed by atoms with Crippen molar-refractivity contribution in [1.82, 2.24) is 5.32 Å². The third-order valence-electron chi connectivity index (χ3n) is 1.45. The van der Waals surface area contributed by atoms with Crippen LogP contribution in [0.15, 0.2) is 0 Å². The average Bonchev–Trinajstić information content (AvgIpc) is 2.11. The lowest BCUT2D eigenvalue weighted by atomic mass is 10.1. The molecule has 5 nitrogen and oxygen atoms in total. The van der Waals surface area contributed by atoms with Crippen LogP contribution in [-0.2, 0) is 4.79 Å². The molecular weight excluding hydrogens is 160 g/mol. The normalized spacial score (nSPS) is 12.9. The van der Waals surface area contributed by atoms with E-state index >= 15 is 0 Å². The van der Waals surface area contributed by atoms with E-state index in [-0.39, 0.29) is 0 Å². The van der Waals surface area contributed by atoms with Crippen LogP contribution in [0.1, 0.15) is 26.2 Å². The molecule has 70 valence electrons. The zero-order valence-electron chi connectivity index (χ0n) is 7.96. The number of urea groups is 1. The highest BCUT2D eigenvalue weighted by Gasteiger charge is 2.17. The van der Waals surface area contributed by atoms with Gasteiger partial charge in [-0.1, -0.05) is 19.8 Å². The predicted octanol–water partition coefficient (Wildman–Crippen LogP) is 0.298. The van der Waals surface area contributed by atoms with Crippen molar-refractivity contribution in [3.05, 3.63) is 0 Å². The second-order valence-electron chi connectivity index (χ2n) is 2.51. The molecule has 0 saturated carbocycles. The van der Waals surface area contributed by atoms with Gasteiger partial charge in [-0.25, -0.2) is 9.59 Å². The van der Waals surface area contributed by atoms with Crippen LogP contribution in [0.2, 0.25) is 1.41 Å². The van der Waals surface area contributed by atoms with Crippen molar-refractivity contribution in [2.75, 3.05) is 0 Å². The Balaban J connectivity index is 3.94. The quantitative estimate of drug-likeness (QED) is 0.561. The molecule has 0 aliphatic heterocycles. The standard InChI is InChI=1S/C7H14N2O3/c1-2-3-4-5(6(10)11)9-7(8)12/h5H,2-4H2,1H3,(H,10,11)(H3,8,9,12)/t5-/m0/s1/i/hD. The molecule has 0 unspecified atom stereocenters. The monoisotopic (exact) mass is 175 g/mol. The van der Waals surface area contributed by atoms with Crippen LogP contribution < -0.4 is 11.0 Å². The lowest BCUT2D eigenvalue weighted by Gasteiger charge is -2.11. The fraction of sp³-hybridized carbons (Fsp3) is 0.714. The molecule has 0 aromatic heterocycles. The number of hydrogen-bond donors (Lipinski definition) is 3. The average molecular weight is 175 g/mol. The third kappa shape index (κ3) is 4.54. The molecule has 0 spiro atoms. The Morgan fingerprint density at radius 1 is 1.75 bits per heavy atom. The summed E-state index contributed by atoms with van der Waals surface area (Å²) in [5.74, 6) is -1.07. The van der Waals surface area contributed by atoms with Crippen LogP contribution >= 0.6 is 0 Å². The Hall–Kier alpha value is -1.26. The predicted molar refractivity (Wildman–Crippen MR) is 43.7 cm³/mol. The Bertz CT molecular complexity index is 187. The number of hydrogen-bond acceptors (Lipinski definition) is 2. The zero-order chi connectivity index (χ0) is 10.3. The van der Waals surface area contributed by atoms with Gasteiger partial charge in [-0.15, -0.1) is 0 Å². The molecule has 0 rings (SSSR count). The third-order valence-corrected chi connectivity index (χ3v) is 1.45. The maximum Gasteiger partial charge on any atom is 0.326 e. The zero-order valence-corrected chi connectivity index (χ0v) is 6.96. The molecule has 0 aliphatic carbocycles. The van der Waals surface area contributed by atoms with Crippen LogP contribution in [0.25, 0.3) is 0 Å². The van der Waals surface area contributed by atoms with Gasteiger partial charge in [0.1, 0.15) is 6.04 Å². The summed E-state index contributed by atoms with van der Waals surface area (Å²) in [7, 11) is 0. The van der Waals surface area contributed by atoms with Crippen molar-refractivity contribution in [2.45, 2.75) is 32.2 Å². The highest BCUT2D eigenvalue weighted by Crippen LogP contribution is 2.00. The summed E-state index contributed by atoms with van der Waals surface area (Å²) < 4.78 is 6.47. The number of rotatable bonds is 5. The minimum absolute atomic E-state index is 0.388. The first-order valence-electron chi connectivity index (χ1n) is 4.32. The Labute approximate surface area is 72.4 Å². The molecule has 0 aromatic carbocycles. The molecular formula is C7H14N2O3. The van der Waals surface area contributed by atoms with E-state index in [1.807, 2.05) is 6.92 Å². The Morgan fingerprint density at radius 3 is 2.83 bits per heavy atom. The van der Waals surface area contributed by atoms with Gasteiger partial charge in [-0.05, 0) is 6.42 Å². The molecule has 12 heavy (non-hydrogen) atoms. The van der Waals surface area contributed by atoms with Crippen molar-refractivity contribution >= 4 is 12.0 Å². The highest BCUT2D eigenvalue weighted by molar-refractivity contribution is 5.81. The largest absolute Gasteiger partial charge is 0.480 e. The number of amides is 2. The topological polar surface area (TPSA) is 92.4 Å². The summed E-state index contributed by atoms with van der Waals surface area (Å²) in [4.78, 5) is 21.2. The summed E-state index contributed by atoms with van der Waals surface area (Å²) in [5, 5.41) is 10.8. The van der Waals surface area contributed by atoms with E-state index < -0.39 is 18.0 Å². The van der Waals surface area contributed by atoms with E-state index in [4.69, 9.17) is 6.52 Å². The molecule has 4 N–H and O–H groups in total. The van der Waals surface area contributed by atoms with Crippen LogP contribution in [0.5, 0.6) is 0 Å². The number of carbonyl (C=O) groups is 2. The molecule has 0 heterocycles. The number of aliphatic carboxylic acids is 1. The fourth-order valence-electron chi connectivity index (χ4n) is 0.824. The number of nitrogens with two attached hydrogens (primary N) is 1. The Morgan fingerprint density at radius 2 is 2.42 bits per heavy atom. The fourth-order valence-corrected chi connectivity index (χ4v) is 0.824. The van der Waals surface area contributed by atoms with Crippen molar-refractivity contribution < 1.29 is 16.1 Å². The van der Waals surface area contributed by atoms with Gasteiger partial charge >= 0.3 is 12.0 Å². The van der Waals surface area contributed by atoms with Gasteiger partial charge < -0.3 is 16.2 Å². The smallest absolute Gasteiger partial charge is 0.326 e. The summed E-state index contributed by atoms with van der Waals surface area (Å²) in [6.45, 7) is 1.93. The van der Waals surface area contributed by atoms with Crippen LogP contribution in [-0.4, -0.2) is 23.1 Å². The number of carboxylic acids is 1. The van der Waals surface area contributed by atoms with E-state index in [1.54, 1.807) is 5.73 Å². The minimum Gasteiger partial charge on any atom is -0.480 e. The molecule has 0 radical (unpaired) electrons. The van der Waals surface area contributed by atoms with Crippen molar-refractivity contribution in [3.63, 3.8) is 0 Å². The van der Waals surface area contributed by atoms with E-state index in [2.05, 4.69) is 5.32 Å². The van der Waals surface area contributed by atoms with Gasteiger partial charge in [0.05, 0.1) is 0 Å². The van der Waals surface area contributed by atoms with Gasteiger partial charge in [-0.2, -0.15) is 0 Å². The SMILES string of the molecule is [2H]NC(=O)N[C@@H](CCCC)C(=O)O. The van der Waals surface area contributed by atoms with E-state index in [1.165, 1.54) is 0 Å². The molecule has 0 saturated heterocycles. The minimum atomic E-state index is -1.07. The molecule has 0 aromatic rings. The van der Waals surface area contributed by atoms with Crippen molar-refractivity contribution in [1.29, 1.82) is 0 Å². The summed E-state index contributed by atoms with van der Waals surface area (Å²) in [6, 6.07) is -1.69. The van der Waals surface area contributed by atoms with Crippen molar-refractivity contribution in [2.24, 2.45) is 5.73 Å². The highest BCUT2D eigenvalue weighted by atomic mass is 16.4. The van der Waals surface area contributed by atoms with Crippen molar-refractivity contribution in [3.8, 4) is 0 Å². The second-order valence-corrected chi connectivity index (χ2v) is 2.51. The maximum atomic E-state index is 10.6. The summed E-state index contributed by atoms with van der Waals surface area (Å²) >= 11 is 0. The number of carboxylic acid groups (broad SMARTS) is 1. The molecule has 0 bridgehead atoms. The summed E-state index contributed by atoms with van der Waals surface area (Å²) in [6.07, 6.45) is 1.99. The van der Waals surface area contributed by atoms with Gasteiger partial charge in [0.2, 0.25) is 0 Å². The molecule has 1 atom stereocenters. The van der Waals surface area contributed by atoms with E-state index in [9.17, 15) is 9.59 Å². The van der Waals surface area contributed by atoms with Gasteiger partial charge in [-0.3, -0.25) is 0 Å². The molecule has 0 aliphatic rings. The van der Waals surface area contributed by atoms with Gasteiger partial charge in [0.25, 0.3) is 0 Å². The molecule has 2 amide bonds. The maximum absolute atomic E-state index is 10.6. The van der Waals surface area contributed by atoms with Gasteiger partial charge in [0.15, 0.2) is 1.41 Å². The van der Waals surface area contributed by atoms with Gasteiger partial charge in [0, 0.05) is 0 Å².